The van der Waals surface area contributed by atoms with Crippen LogP contribution in [0.1, 0.15) is 36.7 Å². The van der Waals surface area contributed by atoms with E-state index in [1.54, 1.807) is 24.3 Å². The van der Waals surface area contributed by atoms with Crippen LogP contribution in [0.3, 0.4) is 0 Å². The molecule has 3 rings (SSSR count). The Kier molecular flexibility index (Phi) is 9.14. The predicted octanol–water partition coefficient (Wildman–Crippen LogP) is 5.04. The Morgan fingerprint density at radius 3 is 2.03 bits per heavy atom. The summed E-state index contributed by atoms with van der Waals surface area (Å²) in [5.74, 6) is 1.00. The van der Waals surface area contributed by atoms with Gasteiger partial charge in [0.25, 0.3) is 11.8 Å². The molecule has 0 aliphatic rings. The van der Waals surface area contributed by atoms with E-state index < -0.39 is 11.8 Å². The number of ether oxygens (including phenoxy) is 3. The van der Waals surface area contributed by atoms with Crippen LogP contribution in [0.5, 0.6) is 17.2 Å². The minimum Gasteiger partial charge on any atom is -0.490 e. The number of hydrazine groups is 1. The van der Waals surface area contributed by atoms with Crippen molar-refractivity contribution in [3.05, 3.63) is 88.4 Å². The second-order valence-electron chi connectivity index (χ2n) is 8.72. The molecule has 184 valence electrons. The third kappa shape index (κ3) is 8.33. The highest BCUT2D eigenvalue weighted by Gasteiger charge is 2.16. The van der Waals surface area contributed by atoms with Crippen molar-refractivity contribution < 1.29 is 23.8 Å². The van der Waals surface area contributed by atoms with Crippen LogP contribution in [0.15, 0.2) is 77.3 Å². The van der Waals surface area contributed by atoms with Crippen LogP contribution in [0, 0.1) is 0 Å². The van der Waals surface area contributed by atoms with Gasteiger partial charge in [-0.3, -0.25) is 20.4 Å². The highest BCUT2D eigenvalue weighted by atomic mass is 79.9. The van der Waals surface area contributed by atoms with Crippen molar-refractivity contribution in [3.63, 3.8) is 0 Å². The van der Waals surface area contributed by atoms with Gasteiger partial charge in [0, 0.05) is 5.56 Å². The summed E-state index contributed by atoms with van der Waals surface area (Å²) < 4.78 is 17.5. The van der Waals surface area contributed by atoms with Gasteiger partial charge in [-0.1, -0.05) is 45.0 Å². The largest absolute Gasteiger partial charge is 0.490 e. The molecule has 0 saturated carbocycles. The molecular formula is C27H29BrN2O5. The Morgan fingerprint density at radius 1 is 0.800 bits per heavy atom. The summed E-state index contributed by atoms with van der Waals surface area (Å²) in [4.78, 5) is 24.4. The van der Waals surface area contributed by atoms with E-state index in [9.17, 15) is 9.59 Å². The number of nitrogens with one attached hydrogen (secondary N) is 2. The molecule has 0 fully saturated rings. The highest BCUT2D eigenvalue weighted by molar-refractivity contribution is 9.10. The first-order valence-corrected chi connectivity index (χ1v) is 11.9. The van der Waals surface area contributed by atoms with Crippen molar-refractivity contribution in [3.8, 4) is 17.2 Å². The minimum atomic E-state index is -0.483. The predicted molar refractivity (Wildman–Crippen MR) is 138 cm³/mol. The highest BCUT2D eigenvalue weighted by Crippen LogP contribution is 2.31. The van der Waals surface area contributed by atoms with Gasteiger partial charge in [-0.05, 0) is 75.4 Å². The lowest BCUT2D eigenvalue weighted by Gasteiger charge is -2.20. The number of hydrogen-bond acceptors (Lipinski definition) is 5. The summed E-state index contributed by atoms with van der Waals surface area (Å²) in [6.07, 6.45) is 0. The fourth-order valence-corrected chi connectivity index (χ4v) is 3.49. The summed E-state index contributed by atoms with van der Waals surface area (Å²) in [6.45, 7) is 6.88. The van der Waals surface area contributed by atoms with E-state index in [0.29, 0.717) is 30.3 Å². The lowest BCUT2D eigenvalue weighted by atomic mass is 9.87. The van der Waals surface area contributed by atoms with Crippen LogP contribution in [0.4, 0.5) is 0 Å². The number of amides is 2. The molecule has 0 spiro atoms. The molecule has 0 aromatic heterocycles. The third-order valence-corrected chi connectivity index (χ3v) is 5.57. The molecule has 3 aromatic rings. The molecule has 35 heavy (non-hydrogen) atoms. The second-order valence-corrected chi connectivity index (χ2v) is 9.57. The van der Waals surface area contributed by atoms with Crippen molar-refractivity contribution in [2.75, 3.05) is 19.8 Å². The molecule has 0 aliphatic heterocycles. The zero-order valence-electron chi connectivity index (χ0n) is 20.0. The Bertz CT molecular complexity index is 1130. The summed E-state index contributed by atoms with van der Waals surface area (Å²) in [6, 6.07) is 21.8. The van der Waals surface area contributed by atoms with Gasteiger partial charge in [-0.15, -0.1) is 0 Å². The van der Waals surface area contributed by atoms with Crippen molar-refractivity contribution in [2.24, 2.45) is 0 Å². The zero-order chi connectivity index (χ0) is 25.3. The Hall–Kier alpha value is -3.52. The minimum absolute atomic E-state index is 0.00378. The summed E-state index contributed by atoms with van der Waals surface area (Å²) in [5, 5.41) is 0. The maximum atomic E-state index is 12.3. The molecule has 2 amide bonds. The van der Waals surface area contributed by atoms with E-state index in [1.165, 1.54) is 0 Å². The van der Waals surface area contributed by atoms with Crippen LogP contribution < -0.4 is 25.1 Å². The maximum absolute atomic E-state index is 12.3. The van der Waals surface area contributed by atoms with Crippen LogP contribution in [-0.2, 0) is 10.2 Å². The number of hydrogen-bond donors (Lipinski definition) is 2. The molecule has 0 saturated heterocycles. The van der Waals surface area contributed by atoms with Crippen LogP contribution in [-0.4, -0.2) is 31.6 Å². The quantitative estimate of drug-likeness (QED) is 0.293. The molecule has 3 aromatic carbocycles. The van der Waals surface area contributed by atoms with E-state index >= 15 is 0 Å². The van der Waals surface area contributed by atoms with Gasteiger partial charge < -0.3 is 14.2 Å². The molecule has 0 bridgehead atoms. The van der Waals surface area contributed by atoms with Crippen molar-refractivity contribution in [1.29, 1.82) is 0 Å². The van der Waals surface area contributed by atoms with E-state index in [0.717, 1.165) is 15.8 Å². The average Bonchev–Trinajstić information content (AvgIpc) is 2.85. The monoisotopic (exact) mass is 540 g/mol. The maximum Gasteiger partial charge on any atom is 0.276 e. The van der Waals surface area contributed by atoms with Crippen molar-refractivity contribution in [1.82, 2.24) is 10.9 Å². The Labute approximate surface area is 213 Å². The van der Waals surface area contributed by atoms with Crippen LogP contribution in [0.2, 0.25) is 0 Å². The molecule has 0 radical (unpaired) electrons. The van der Waals surface area contributed by atoms with Crippen LogP contribution in [0.25, 0.3) is 0 Å². The fraction of sp³-hybridized carbons (Fsp3) is 0.259. The first kappa shape index (κ1) is 26.1. The van der Waals surface area contributed by atoms with Gasteiger partial charge in [0.2, 0.25) is 0 Å². The second kappa shape index (κ2) is 12.3. The molecule has 0 atom stereocenters. The van der Waals surface area contributed by atoms with Gasteiger partial charge in [-0.25, -0.2) is 0 Å². The van der Waals surface area contributed by atoms with Crippen molar-refractivity contribution in [2.45, 2.75) is 26.2 Å². The Balaban J connectivity index is 1.38. The molecule has 0 heterocycles. The van der Waals surface area contributed by atoms with E-state index in [1.807, 2.05) is 48.5 Å². The SMILES string of the molecule is CC(C)(C)c1ccc(OCC(=O)NNC(=O)c2ccc(OCCOc3ccccc3)cc2)c(Br)c1. The average molecular weight is 541 g/mol. The summed E-state index contributed by atoms with van der Waals surface area (Å²) >= 11 is 3.48. The molecule has 0 aliphatic carbocycles. The molecule has 2 N–H and O–H groups in total. The first-order valence-electron chi connectivity index (χ1n) is 11.1. The lowest BCUT2D eigenvalue weighted by Crippen LogP contribution is -2.43. The number of rotatable bonds is 9. The summed E-state index contributed by atoms with van der Waals surface area (Å²) in [5.41, 5.74) is 6.25. The van der Waals surface area contributed by atoms with E-state index in [4.69, 9.17) is 14.2 Å². The standard InChI is InChI=1S/C27H29BrN2O5/c1-27(2,3)20-11-14-24(23(28)17-20)35-18-25(31)29-30-26(32)19-9-12-22(13-10-19)34-16-15-33-21-7-5-4-6-8-21/h4-14,17H,15-16,18H2,1-3H3,(H,29,31)(H,30,32). The van der Waals surface area contributed by atoms with E-state index in [-0.39, 0.29) is 12.0 Å². The third-order valence-electron chi connectivity index (χ3n) is 4.95. The Morgan fingerprint density at radius 2 is 1.43 bits per heavy atom. The number of para-hydroxylation sites is 1. The van der Waals surface area contributed by atoms with Gasteiger partial charge in [0.15, 0.2) is 6.61 Å². The summed E-state index contributed by atoms with van der Waals surface area (Å²) in [7, 11) is 0. The van der Waals surface area contributed by atoms with Gasteiger partial charge in [0.05, 0.1) is 4.47 Å². The van der Waals surface area contributed by atoms with Crippen LogP contribution >= 0.6 is 15.9 Å². The first-order chi connectivity index (χ1) is 16.7. The fourth-order valence-electron chi connectivity index (χ4n) is 3.00. The molecule has 7 nitrogen and oxygen atoms in total. The van der Waals surface area contributed by atoms with E-state index in [2.05, 4.69) is 47.6 Å². The van der Waals surface area contributed by atoms with Crippen molar-refractivity contribution >= 4 is 27.7 Å². The number of halogens is 1. The molecule has 0 unspecified atom stereocenters. The normalized spacial score (nSPS) is 10.9. The number of benzene rings is 3. The molecule has 8 heteroatoms. The lowest BCUT2D eigenvalue weighted by molar-refractivity contribution is -0.123. The van der Waals surface area contributed by atoms with Gasteiger partial charge in [0.1, 0.15) is 30.5 Å². The smallest absolute Gasteiger partial charge is 0.276 e. The number of carbonyl (C=O) groups excluding carboxylic acids is 2. The molecular weight excluding hydrogens is 512 g/mol. The van der Waals surface area contributed by atoms with Gasteiger partial charge in [-0.2, -0.15) is 0 Å². The van der Waals surface area contributed by atoms with Gasteiger partial charge >= 0.3 is 0 Å². The number of carbonyl (C=O) groups is 2. The zero-order valence-corrected chi connectivity index (χ0v) is 21.6. The topological polar surface area (TPSA) is 85.9 Å².